The Kier molecular flexibility index (Phi) is 5.73. The van der Waals surface area contributed by atoms with Crippen LogP contribution in [0.15, 0.2) is 71.8 Å². The van der Waals surface area contributed by atoms with Gasteiger partial charge in [0.05, 0.1) is 21.8 Å². The number of aromatic nitrogens is 1. The highest BCUT2D eigenvalue weighted by Crippen LogP contribution is 2.44. The Morgan fingerprint density at radius 2 is 1.74 bits per heavy atom. The van der Waals surface area contributed by atoms with Crippen molar-refractivity contribution in [2.45, 2.75) is 43.5 Å². The number of rotatable bonds is 5. The first-order valence-corrected chi connectivity index (χ1v) is 13.2. The van der Waals surface area contributed by atoms with E-state index >= 15 is 0 Å². The second-order valence-corrected chi connectivity index (χ2v) is 11.5. The van der Waals surface area contributed by atoms with Crippen LogP contribution in [0.5, 0.6) is 0 Å². The average Bonchev–Trinajstić information content (AvgIpc) is 3.31. The molecule has 0 atom stereocenters. The lowest BCUT2D eigenvalue weighted by molar-refractivity contribution is -0.116. The van der Waals surface area contributed by atoms with Gasteiger partial charge in [0.25, 0.3) is 0 Å². The number of amides is 1. The van der Waals surface area contributed by atoms with Gasteiger partial charge in [-0.15, -0.1) is 0 Å². The molecule has 0 aliphatic carbocycles. The van der Waals surface area contributed by atoms with Gasteiger partial charge in [0.1, 0.15) is 0 Å². The molecule has 3 aromatic rings. The molecule has 1 saturated heterocycles. The maximum atomic E-state index is 13.3. The minimum Gasteiger partial charge on any atom is -0.372 e. The van der Waals surface area contributed by atoms with Crippen LogP contribution in [0.4, 0.5) is 11.4 Å². The number of nitrogens with zero attached hydrogens (tertiary/aromatic N) is 2. The molecule has 5 rings (SSSR count). The van der Waals surface area contributed by atoms with Crippen molar-refractivity contribution in [3.8, 4) is 5.69 Å². The summed E-state index contributed by atoms with van der Waals surface area (Å²) >= 11 is 0. The molecule has 1 amide bonds. The maximum absolute atomic E-state index is 13.3. The van der Waals surface area contributed by atoms with Crippen LogP contribution >= 0.6 is 0 Å². The maximum Gasteiger partial charge on any atom is 0.243 e. The van der Waals surface area contributed by atoms with E-state index in [9.17, 15) is 13.2 Å². The summed E-state index contributed by atoms with van der Waals surface area (Å²) in [6.45, 7) is 4.82. The van der Waals surface area contributed by atoms with E-state index < -0.39 is 10.0 Å². The molecule has 1 fully saturated rings. The third kappa shape index (κ3) is 4.01. The molecule has 1 spiro atoms. The lowest BCUT2D eigenvalue weighted by Gasteiger charge is -2.45. The first-order chi connectivity index (χ1) is 16.3. The van der Waals surface area contributed by atoms with Crippen LogP contribution in [0.3, 0.4) is 0 Å². The molecule has 34 heavy (non-hydrogen) atoms. The highest BCUT2D eigenvalue weighted by molar-refractivity contribution is 7.89. The summed E-state index contributed by atoms with van der Waals surface area (Å²) in [5.74, 6) is 0.190. The van der Waals surface area contributed by atoms with E-state index in [1.54, 1.807) is 28.6 Å². The van der Waals surface area contributed by atoms with Gasteiger partial charge in [0.15, 0.2) is 0 Å². The van der Waals surface area contributed by atoms with Crippen LogP contribution in [0.2, 0.25) is 0 Å². The van der Waals surface area contributed by atoms with E-state index in [0.717, 1.165) is 11.4 Å². The molecule has 0 unspecified atom stereocenters. The number of para-hydroxylation sites is 2. The van der Waals surface area contributed by atoms with Gasteiger partial charge in [-0.3, -0.25) is 4.79 Å². The highest BCUT2D eigenvalue weighted by atomic mass is 32.2. The second-order valence-electron chi connectivity index (χ2n) is 9.56. The van der Waals surface area contributed by atoms with Crippen LogP contribution in [0.25, 0.3) is 5.69 Å². The van der Waals surface area contributed by atoms with Gasteiger partial charge in [0.2, 0.25) is 15.9 Å². The predicted molar refractivity (Wildman–Crippen MR) is 134 cm³/mol. The largest absolute Gasteiger partial charge is 0.372 e. The highest BCUT2D eigenvalue weighted by Gasteiger charge is 2.43. The van der Waals surface area contributed by atoms with Crippen molar-refractivity contribution < 1.29 is 13.2 Å². The number of fused-ring (bicyclic) bond motifs is 4. The number of anilines is 2. The Labute approximate surface area is 200 Å². The zero-order valence-electron chi connectivity index (χ0n) is 19.5. The number of benzene rings is 2. The zero-order valence-corrected chi connectivity index (χ0v) is 20.3. The first kappa shape index (κ1) is 22.7. The summed E-state index contributed by atoms with van der Waals surface area (Å²) in [5.41, 5.74) is 3.66. The molecule has 0 radical (unpaired) electrons. The SMILES string of the molecule is CC(C)CC(=O)Nc1ccc(S(=O)(=O)N2CCC3(CC2)Nc2ccccc2-n2cccc23)cc1. The molecular formula is C26H30N4O3S. The van der Waals surface area contributed by atoms with Crippen molar-refractivity contribution in [1.29, 1.82) is 0 Å². The topological polar surface area (TPSA) is 83.4 Å². The summed E-state index contributed by atoms with van der Waals surface area (Å²) in [6.07, 6.45) is 3.85. The smallest absolute Gasteiger partial charge is 0.243 e. The quantitative estimate of drug-likeness (QED) is 0.563. The van der Waals surface area contributed by atoms with E-state index in [1.165, 1.54) is 5.69 Å². The Morgan fingerprint density at radius 3 is 2.44 bits per heavy atom. The van der Waals surface area contributed by atoms with Gasteiger partial charge in [-0.2, -0.15) is 4.31 Å². The Balaban J connectivity index is 1.31. The molecule has 178 valence electrons. The van der Waals surface area contributed by atoms with Gasteiger partial charge in [0, 0.05) is 37.1 Å². The Morgan fingerprint density at radius 1 is 1.03 bits per heavy atom. The molecule has 2 aliphatic heterocycles. The summed E-state index contributed by atoms with van der Waals surface area (Å²) in [6, 6.07) is 18.8. The molecule has 2 aliphatic rings. The summed E-state index contributed by atoms with van der Waals surface area (Å²) < 4.78 is 30.5. The molecule has 1 aromatic heterocycles. The number of sulfonamides is 1. The van der Waals surface area contributed by atoms with Crippen LogP contribution in [-0.4, -0.2) is 36.3 Å². The molecular weight excluding hydrogens is 448 g/mol. The molecule has 0 bridgehead atoms. The fourth-order valence-electron chi connectivity index (χ4n) is 5.02. The van der Waals surface area contributed by atoms with Crippen molar-refractivity contribution in [2.75, 3.05) is 23.7 Å². The third-order valence-corrected chi connectivity index (χ3v) is 8.63. The fourth-order valence-corrected chi connectivity index (χ4v) is 6.47. The van der Waals surface area contributed by atoms with Gasteiger partial charge >= 0.3 is 0 Å². The molecule has 2 aromatic carbocycles. The van der Waals surface area contributed by atoms with E-state index in [4.69, 9.17) is 0 Å². The van der Waals surface area contributed by atoms with Crippen LogP contribution in [-0.2, 0) is 20.4 Å². The lowest BCUT2D eigenvalue weighted by Crippen LogP contribution is -2.50. The van der Waals surface area contributed by atoms with Gasteiger partial charge < -0.3 is 15.2 Å². The fraction of sp³-hybridized carbons (Fsp3) is 0.346. The summed E-state index contributed by atoms with van der Waals surface area (Å²) in [5, 5.41) is 6.55. The number of piperidine rings is 1. The van der Waals surface area contributed by atoms with E-state index in [2.05, 4.69) is 39.6 Å². The lowest BCUT2D eigenvalue weighted by atomic mass is 9.83. The third-order valence-electron chi connectivity index (χ3n) is 6.72. The number of nitrogens with one attached hydrogen (secondary N) is 2. The Hall–Kier alpha value is -3.10. The van der Waals surface area contributed by atoms with Crippen molar-refractivity contribution >= 4 is 27.3 Å². The second kappa shape index (κ2) is 8.60. The van der Waals surface area contributed by atoms with Crippen LogP contribution in [0.1, 0.15) is 38.8 Å². The van der Waals surface area contributed by atoms with Crippen molar-refractivity contribution in [3.05, 3.63) is 72.6 Å². The van der Waals surface area contributed by atoms with Crippen molar-refractivity contribution in [3.63, 3.8) is 0 Å². The summed E-state index contributed by atoms with van der Waals surface area (Å²) in [4.78, 5) is 12.2. The van der Waals surface area contributed by atoms with Gasteiger partial charge in [-0.05, 0) is 67.3 Å². The molecule has 3 heterocycles. The van der Waals surface area contributed by atoms with E-state index in [1.807, 2.05) is 32.0 Å². The Bertz CT molecular complexity index is 1300. The van der Waals surface area contributed by atoms with Gasteiger partial charge in [-0.1, -0.05) is 26.0 Å². The van der Waals surface area contributed by atoms with Gasteiger partial charge in [-0.25, -0.2) is 8.42 Å². The zero-order chi connectivity index (χ0) is 23.9. The molecule has 8 heteroatoms. The van der Waals surface area contributed by atoms with E-state index in [-0.39, 0.29) is 22.3 Å². The standard InChI is InChI=1S/C26H30N4O3S/c1-19(2)18-25(31)27-20-9-11-21(12-10-20)34(32,33)29-16-13-26(14-17-29)24-8-5-15-30(24)23-7-4-3-6-22(23)28-26/h3-12,15,19,28H,13-14,16-18H2,1-2H3,(H,27,31). The normalized spacial score (nSPS) is 17.1. The minimum atomic E-state index is -3.62. The predicted octanol–water partition coefficient (Wildman–Crippen LogP) is 4.57. The average molecular weight is 479 g/mol. The monoisotopic (exact) mass is 478 g/mol. The number of hydrogen-bond acceptors (Lipinski definition) is 4. The molecule has 2 N–H and O–H groups in total. The number of carbonyl (C=O) groups excluding carboxylic acids is 1. The summed E-state index contributed by atoms with van der Waals surface area (Å²) in [7, 11) is -3.62. The van der Waals surface area contributed by atoms with Crippen LogP contribution < -0.4 is 10.6 Å². The minimum absolute atomic E-state index is 0.0711. The number of carbonyl (C=O) groups is 1. The number of hydrogen-bond donors (Lipinski definition) is 2. The van der Waals surface area contributed by atoms with E-state index in [0.29, 0.717) is 38.0 Å². The molecule has 0 saturated carbocycles. The van der Waals surface area contributed by atoms with Crippen LogP contribution in [0, 0.1) is 5.92 Å². The molecule has 7 nitrogen and oxygen atoms in total. The first-order valence-electron chi connectivity index (χ1n) is 11.7. The van der Waals surface area contributed by atoms with Crippen molar-refractivity contribution in [2.24, 2.45) is 5.92 Å². The van der Waals surface area contributed by atoms with Crippen molar-refractivity contribution in [1.82, 2.24) is 8.87 Å².